The summed E-state index contributed by atoms with van der Waals surface area (Å²) in [6.45, 7) is 0. The highest BCUT2D eigenvalue weighted by atomic mass is 32.2. The number of benzene rings is 1. The number of ketones is 1. The second-order valence-electron chi connectivity index (χ2n) is 5.08. The Hall–Kier alpha value is -2.28. The van der Waals surface area contributed by atoms with Gasteiger partial charge in [-0.15, -0.1) is 0 Å². The van der Waals surface area contributed by atoms with Crippen LogP contribution in [0, 0.1) is 11.8 Å². The number of carbonyl (C=O) groups is 3. The predicted molar refractivity (Wildman–Crippen MR) is 87.6 cm³/mol. The molecule has 1 aliphatic carbocycles. The lowest BCUT2D eigenvalue weighted by molar-refractivity contribution is -0.160. The number of rotatable bonds is 5. The molecule has 1 aromatic carbocycles. The van der Waals surface area contributed by atoms with E-state index in [4.69, 9.17) is 14.2 Å². The number of ether oxygens (including phenoxy) is 3. The van der Waals surface area contributed by atoms with E-state index in [0.717, 1.165) is 4.90 Å². The predicted octanol–water partition coefficient (Wildman–Crippen LogP) is 2.22. The minimum absolute atomic E-state index is 0.241. The lowest BCUT2D eigenvalue weighted by atomic mass is 9.82. The largest absolute Gasteiger partial charge is 0.497 e. The third-order valence-corrected chi connectivity index (χ3v) is 4.79. The fourth-order valence-electron chi connectivity index (χ4n) is 2.47. The van der Waals surface area contributed by atoms with Crippen molar-refractivity contribution in [1.82, 2.24) is 0 Å². The van der Waals surface area contributed by atoms with Crippen LogP contribution < -0.4 is 4.74 Å². The maximum Gasteiger partial charge on any atom is 0.317 e. The molecule has 1 aromatic rings. The van der Waals surface area contributed by atoms with Gasteiger partial charge in [-0.1, -0.05) is 23.9 Å². The maximum absolute atomic E-state index is 12.7. The second kappa shape index (κ2) is 8.01. The van der Waals surface area contributed by atoms with Crippen molar-refractivity contribution >= 4 is 29.5 Å². The van der Waals surface area contributed by atoms with Crippen LogP contribution >= 0.6 is 11.8 Å². The molecule has 0 radical (unpaired) electrons. The molecular weight excluding hydrogens is 332 g/mol. The molecule has 0 aromatic heterocycles. The van der Waals surface area contributed by atoms with Crippen LogP contribution in [0.3, 0.4) is 0 Å². The highest BCUT2D eigenvalue weighted by Crippen LogP contribution is 2.38. The molecule has 0 saturated carbocycles. The first-order chi connectivity index (χ1) is 11.5. The van der Waals surface area contributed by atoms with Crippen LogP contribution in [0.25, 0.3) is 0 Å². The summed E-state index contributed by atoms with van der Waals surface area (Å²) in [5.74, 6) is -3.13. The van der Waals surface area contributed by atoms with Gasteiger partial charge in [0.1, 0.15) is 11.7 Å². The van der Waals surface area contributed by atoms with Gasteiger partial charge in [-0.2, -0.15) is 0 Å². The molecule has 0 fully saturated rings. The van der Waals surface area contributed by atoms with Gasteiger partial charge in [-0.25, -0.2) is 0 Å². The normalized spacial score (nSPS) is 20.1. The fraction of sp³-hybridized carbons (Fsp3) is 0.353. The van der Waals surface area contributed by atoms with Gasteiger partial charge >= 0.3 is 11.9 Å². The average Bonchev–Trinajstić information content (AvgIpc) is 2.62. The second-order valence-corrected chi connectivity index (χ2v) is 6.20. The summed E-state index contributed by atoms with van der Waals surface area (Å²) in [6, 6.07) is 7.23. The zero-order chi connectivity index (χ0) is 17.7. The number of thioether (sulfide) groups is 1. The number of esters is 2. The van der Waals surface area contributed by atoms with Gasteiger partial charge < -0.3 is 14.2 Å². The van der Waals surface area contributed by atoms with Gasteiger partial charge in [-0.05, 0) is 24.6 Å². The molecule has 0 saturated heterocycles. The van der Waals surface area contributed by atoms with Crippen LogP contribution in [0.2, 0.25) is 0 Å². The topological polar surface area (TPSA) is 78.9 Å². The molecule has 7 heteroatoms. The smallest absolute Gasteiger partial charge is 0.317 e. The standard InChI is InChI=1S/C17H18O6S/c1-21-10-5-4-6-11(9-10)24-13-8-7-12(16(19)22-2)14(15(13)18)17(20)23-3/h4-6,8-9,12,14H,7H2,1-3H3. The van der Waals surface area contributed by atoms with Crippen molar-refractivity contribution in [1.29, 1.82) is 0 Å². The van der Waals surface area contributed by atoms with E-state index in [1.165, 1.54) is 26.0 Å². The summed E-state index contributed by atoms with van der Waals surface area (Å²) >= 11 is 1.23. The highest BCUT2D eigenvalue weighted by Gasteiger charge is 2.44. The van der Waals surface area contributed by atoms with E-state index in [1.807, 2.05) is 12.1 Å². The average molecular weight is 350 g/mol. The van der Waals surface area contributed by atoms with Crippen LogP contribution in [0.15, 0.2) is 40.1 Å². The maximum atomic E-state index is 12.7. The first-order valence-electron chi connectivity index (χ1n) is 7.23. The van der Waals surface area contributed by atoms with Gasteiger partial charge in [0.05, 0.1) is 32.2 Å². The summed E-state index contributed by atoms with van der Waals surface area (Å²) in [7, 11) is 3.98. The Labute approximate surface area is 144 Å². The molecule has 1 aliphatic rings. The van der Waals surface area contributed by atoms with Crippen LogP contribution in [-0.4, -0.2) is 39.1 Å². The fourth-order valence-corrected chi connectivity index (χ4v) is 3.45. The van der Waals surface area contributed by atoms with Crippen molar-refractivity contribution in [3.05, 3.63) is 35.2 Å². The first kappa shape index (κ1) is 18.1. The van der Waals surface area contributed by atoms with Crippen molar-refractivity contribution in [2.24, 2.45) is 11.8 Å². The summed E-state index contributed by atoms with van der Waals surface area (Å²) in [5, 5.41) is 0. The number of hydrogen-bond acceptors (Lipinski definition) is 7. The van der Waals surface area contributed by atoms with Gasteiger partial charge in [0, 0.05) is 4.90 Å². The van der Waals surface area contributed by atoms with Crippen LogP contribution in [0.4, 0.5) is 0 Å². The molecular formula is C17H18O6S. The molecule has 0 N–H and O–H groups in total. The van der Waals surface area contributed by atoms with Crippen molar-refractivity contribution in [2.75, 3.05) is 21.3 Å². The van der Waals surface area contributed by atoms with E-state index in [-0.39, 0.29) is 6.42 Å². The SMILES string of the molecule is COC(=O)C1CC=C(Sc2cccc(OC)c2)C(=O)C1C(=O)OC. The van der Waals surface area contributed by atoms with E-state index >= 15 is 0 Å². The van der Waals surface area contributed by atoms with Gasteiger partial charge in [0.2, 0.25) is 0 Å². The van der Waals surface area contributed by atoms with Crippen molar-refractivity contribution in [2.45, 2.75) is 11.3 Å². The van der Waals surface area contributed by atoms with E-state index in [1.54, 1.807) is 25.3 Å². The Morgan fingerprint density at radius 1 is 1.12 bits per heavy atom. The lowest BCUT2D eigenvalue weighted by Crippen LogP contribution is -2.39. The molecule has 6 nitrogen and oxygen atoms in total. The zero-order valence-electron chi connectivity index (χ0n) is 13.6. The van der Waals surface area contributed by atoms with Crippen molar-refractivity contribution < 1.29 is 28.6 Å². The third-order valence-electron chi connectivity index (χ3n) is 3.71. The molecule has 0 spiro atoms. The van der Waals surface area contributed by atoms with Gasteiger partial charge in [0.25, 0.3) is 0 Å². The van der Waals surface area contributed by atoms with Gasteiger partial charge in [0.15, 0.2) is 5.78 Å². The van der Waals surface area contributed by atoms with E-state index in [9.17, 15) is 14.4 Å². The summed E-state index contributed by atoms with van der Waals surface area (Å²) in [4.78, 5) is 37.7. The van der Waals surface area contributed by atoms with Crippen molar-refractivity contribution in [3.63, 3.8) is 0 Å². The van der Waals surface area contributed by atoms with Crippen LogP contribution in [0.5, 0.6) is 5.75 Å². The zero-order valence-corrected chi connectivity index (χ0v) is 14.4. The molecule has 0 aliphatic heterocycles. The number of Topliss-reactive ketones (excluding diaryl/α,β-unsaturated/α-hetero) is 1. The quantitative estimate of drug-likeness (QED) is 0.595. The molecule has 0 bridgehead atoms. The van der Waals surface area contributed by atoms with Crippen molar-refractivity contribution in [3.8, 4) is 5.75 Å². The summed E-state index contributed by atoms with van der Waals surface area (Å²) < 4.78 is 14.5. The first-order valence-corrected chi connectivity index (χ1v) is 8.05. The minimum Gasteiger partial charge on any atom is -0.497 e. The van der Waals surface area contributed by atoms with E-state index in [2.05, 4.69) is 0 Å². The summed E-state index contributed by atoms with van der Waals surface area (Å²) in [6.07, 6.45) is 1.90. The molecule has 128 valence electrons. The Kier molecular flexibility index (Phi) is 6.03. The van der Waals surface area contributed by atoms with Crippen LogP contribution in [0.1, 0.15) is 6.42 Å². The number of carbonyl (C=O) groups excluding carboxylic acids is 3. The number of methoxy groups -OCH3 is 3. The molecule has 0 heterocycles. The monoisotopic (exact) mass is 350 g/mol. The number of hydrogen-bond donors (Lipinski definition) is 0. The minimum atomic E-state index is -1.18. The van der Waals surface area contributed by atoms with Gasteiger partial charge in [-0.3, -0.25) is 14.4 Å². The lowest BCUT2D eigenvalue weighted by Gasteiger charge is -2.26. The van der Waals surface area contributed by atoms with E-state index < -0.39 is 29.6 Å². The third kappa shape index (κ3) is 3.79. The van der Waals surface area contributed by atoms with Crippen LogP contribution in [-0.2, 0) is 23.9 Å². The summed E-state index contributed by atoms with van der Waals surface area (Å²) in [5.41, 5.74) is 0. The molecule has 2 atom stereocenters. The van der Waals surface area contributed by atoms with E-state index in [0.29, 0.717) is 10.7 Å². The molecule has 2 unspecified atom stereocenters. The molecule has 24 heavy (non-hydrogen) atoms. The molecule has 0 amide bonds. The molecule has 2 rings (SSSR count). The Bertz CT molecular complexity index is 681. The number of allylic oxidation sites excluding steroid dienone is 2. The Morgan fingerprint density at radius 3 is 2.46 bits per heavy atom. The Balaban J connectivity index is 2.28. The highest BCUT2D eigenvalue weighted by molar-refractivity contribution is 8.04. The Morgan fingerprint density at radius 2 is 1.83 bits per heavy atom.